The van der Waals surface area contributed by atoms with Gasteiger partial charge in [0.05, 0.1) is 5.56 Å². The molecule has 2 fully saturated rings. The maximum absolute atomic E-state index is 13.6. The second-order valence-corrected chi connectivity index (χ2v) is 9.47. The standard InChI is InChI=1S/C25H26F4N6O3/c26-19-12-16(11-18(14-19)25(27,28)29)15-38-24(37)35-5-3-20(4-6-35)33-7-9-34(10-8-33)23(36)17-1-2-21-22(13-17)31-32-30-21/h1-2,11-14,20H,3-10,15H2,(H,30,31,32). The minimum Gasteiger partial charge on any atom is -0.445 e. The summed E-state index contributed by atoms with van der Waals surface area (Å²) >= 11 is 0. The number of nitrogens with one attached hydrogen (secondary N) is 1. The lowest BCUT2D eigenvalue weighted by Crippen LogP contribution is -2.54. The van der Waals surface area contributed by atoms with Gasteiger partial charge in [0.15, 0.2) is 0 Å². The Morgan fingerprint density at radius 1 is 0.921 bits per heavy atom. The van der Waals surface area contributed by atoms with Crippen LogP contribution in [0.4, 0.5) is 22.4 Å². The summed E-state index contributed by atoms with van der Waals surface area (Å²) in [5.41, 5.74) is 0.726. The first-order chi connectivity index (χ1) is 18.2. The number of alkyl halides is 3. The van der Waals surface area contributed by atoms with Gasteiger partial charge >= 0.3 is 12.3 Å². The summed E-state index contributed by atoms with van der Waals surface area (Å²) in [6.45, 7) is 3.05. The Labute approximate surface area is 215 Å². The summed E-state index contributed by atoms with van der Waals surface area (Å²) in [6.07, 6.45) is -3.90. The number of piperazine rings is 1. The molecular formula is C25H26F4N6O3. The second-order valence-electron chi connectivity index (χ2n) is 9.47. The van der Waals surface area contributed by atoms with Crippen molar-refractivity contribution in [1.29, 1.82) is 0 Å². The van der Waals surface area contributed by atoms with Crippen LogP contribution in [0.1, 0.15) is 34.3 Å². The molecule has 38 heavy (non-hydrogen) atoms. The lowest BCUT2D eigenvalue weighted by Gasteiger charge is -2.42. The molecule has 9 nitrogen and oxygen atoms in total. The Morgan fingerprint density at radius 2 is 1.63 bits per heavy atom. The van der Waals surface area contributed by atoms with Gasteiger partial charge in [-0.2, -0.15) is 28.6 Å². The highest BCUT2D eigenvalue weighted by Crippen LogP contribution is 2.30. The van der Waals surface area contributed by atoms with E-state index in [1.807, 2.05) is 4.90 Å². The molecule has 5 rings (SSSR count). The lowest BCUT2D eigenvalue weighted by molar-refractivity contribution is -0.137. The van der Waals surface area contributed by atoms with E-state index < -0.39 is 30.3 Å². The SMILES string of the molecule is O=C(OCc1cc(F)cc(C(F)(F)F)c1)N1CCC(N2CCN(C(=O)c3ccc4n[nH]nc4c3)CC2)CC1. The molecule has 1 N–H and O–H groups in total. The van der Waals surface area contributed by atoms with E-state index in [2.05, 4.69) is 20.3 Å². The van der Waals surface area contributed by atoms with Gasteiger partial charge in [0.25, 0.3) is 5.91 Å². The highest BCUT2D eigenvalue weighted by Gasteiger charge is 2.33. The Hall–Kier alpha value is -3.74. The number of rotatable bonds is 4. The van der Waals surface area contributed by atoms with E-state index in [0.29, 0.717) is 74.8 Å². The van der Waals surface area contributed by atoms with Crippen molar-refractivity contribution in [3.8, 4) is 0 Å². The van der Waals surface area contributed by atoms with Crippen molar-refractivity contribution in [3.05, 3.63) is 58.9 Å². The number of H-pyrrole nitrogens is 1. The first-order valence-electron chi connectivity index (χ1n) is 12.3. The minimum absolute atomic E-state index is 0.0484. The molecule has 0 aliphatic carbocycles. The van der Waals surface area contributed by atoms with Gasteiger partial charge in [-0.3, -0.25) is 9.69 Å². The van der Waals surface area contributed by atoms with Crippen LogP contribution in [0.5, 0.6) is 0 Å². The molecule has 2 aromatic carbocycles. The van der Waals surface area contributed by atoms with Crippen molar-refractivity contribution in [3.63, 3.8) is 0 Å². The fourth-order valence-electron chi connectivity index (χ4n) is 4.99. The summed E-state index contributed by atoms with van der Waals surface area (Å²) < 4.78 is 57.4. The van der Waals surface area contributed by atoms with Gasteiger partial charge in [-0.15, -0.1) is 0 Å². The molecule has 0 unspecified atom stereocenters. The number of amides is 2. The van der Waals surface area contributed by atoms with Crippen LogP contribution in [0.3, 0.4) is 0 Å². The highest BCUT2D eigenvalue weighted by molar-refractivity contribution is 5.97. The van der Waals surface area contributed by atoms with E-state index in [0.717, 1.165) is 12.1 Å². The molecule has 202 valence electrons. The molecule has 2 amide bonds. The number of hydrogen-bond acceptors (Lipinski definition) is 6. The molecule has 0 atom stereocenters. The summed E-state index contributed by atoms with van der Waals surface area (Å²) in [6, 6.07) is 7.60. The average Bonchev–Trinajstić information content (AvgIpc) is 3.39. The largest absolute Gasteiger partial charge is 0.445 e. The smallest absolute Gasteiger partial charge is 0.416 e. The van der Waals surface area contributed by atoms with E-state index in [-0.39, 0.29) is 17.5 Å². The van der Waals surface area contributed by atoms with Crippen LogP contribution in [0, 0.1) is 5.82 Å². The molecule has 2 saturated heterocycles. The molecule has 0 spiro atoms. The summed E-state index contributed by atoms with van der Waals surface area (Å²) in [4.78, 5) is 31.0. The van der Waals surface area contributed by atoms with Crippen molar-refractivity contribution >= 4 is 23.0 Å². The Kier molecular flexibility index (Phi) is 7.19. The average molecular weight is 535 g/mol. The predicted molar refractivity (Wildman–Crippen MR) is 128 cm³/mol. The van der Waals surface area contributed by atoms with Gasteiger partial charge in [-0.25, -0.2) is 9.18 Å². The number of aromatic nitrogens is 3. The predicted octanol–water partition coefficient (Wildman–Crippen LogP) is 3.67. The van der Waals surface area contributed by atoms with Crippen LogP contribution >= 0.6 is 0 Å². The van der Waals surface area contributed by atoms with Gasteiger partial charge in [0, 0.05) is 50.9 Å². The van der Waals surface area contributed by atoms with E-state index in [1.54, 1.807) is 18.2 Å². The fourth-order valence-corrected chi connectivity index (χ4v) is 4.99. The number of carbonyl (C=O) groups is 2. The molecule has 2 aliphatic heterocycles. The zero-order chi connectivity index (χ0) is 26.9. The number of halogens is 4. The second kappa shape index (κ2) is 10.6. The van der Waals surface area contributed by atoms with E-state index >= 15 is 0 Å². The van der Waals surface area contributed by atoms with Crippen LogP contribution in [0.2, 0.25) is 0 Å². The van der Waals surface area contributed by atoms with Gasteiger partial charge in [0.2, 0.25) is 0 Å². The molecule has 0 radical (unpaired) electrons. The van der Waals surface area contributed by atoms with E-state index in [1.165, 1.54) is 4.90 Å². The zero-order valence-electron chi connectivity index (χ0n) is 20.4. The Balaban J connectivity index is 1.07. The molecule has 13 heteroatoms. The molecular weight excluding hydrogens is 508 g/mol. The maximum atomic E-state index is 13.6. The molecule has 3 aromatic rings. The van der Waals surface area contributed by atoms with Crippen LogP contribution < -0.4 is 0 Å². The van der Waals surface area contributed by atoms with Crippen molar-refractivity contribution in [2.75, 3.05) is 39.3 Å². The molecule has 2 aliphatic rings. The molecule has 1 aromatic heterocycles. The first-order valence-corrected chi connectivity index (χ1v) is 12.3. The van der Waals surface area contributed by atoms with Gasteiger partial charge in [-0.1, -0.05) is 0 Å². The topological polar surface area (TPSA) is 94.7 Å². The van der Waals surface area contributed by atoms with Gasteiger partial charge in [-0.05, 0) is 54.8 Å². The third kappa shape index (κ3) is 5.72. The lowest BCUT2D eigenvalue weighted by atomic mass is 10.0. The van der Waals surface area contributed by atoms with Crippen molar-refractivity contribution in [2.45, 2.75) is 31.7 Å². The first kappa shape index (κ1) is 25.9. The number of benzene rings is 2. The van der Waals surface area contributed by atoms with Crippen molar-refractivity contribution < 1.29 is 31.9 Å². The molecule has 0 saturated carbocycles. The number of hydrogen-bond donors (Lipinski definition) is 1. The van der Waals surface area contributed by atoms with E-state index in [9.17, 15) is 27.2 Å². The number of fused-ring (bicyclic) bond motifs is 1. The number of ether oxygens (including phenoxy) is 1. The maximum Gasteiger partial charge on any atom is 0.416 e. The van der Waals surface area contributed by atoms with Gasteiger partial charge < -0.3 is 14.5 Å². The Bertz CT molecular complexity index is 1310. The summed E-state index contributed by atoms with van der Waals surface area (Å²) in [5.74, 6) is -1.09. The van der Waals surface area contributed by atoms with Gasteiger partial charge in [0.1, 0.15) is 23.5 Å². The summed E-state index contributed by atoms with van der Waals surface area (Å²) in [7, 11) is 0. The number of aromatic amines is 1. The quantitative estimate of drug-likeness (QED) is 0.514. The van der Waals surface area contributed by atoms with E-state index in [4.69, 9.17) is 4.74 Å². The third-order valence-corrected chi connectivity index (χ3v) is 7.05. The molecule has 3 heterocycles. The Morgan fingerprint density at radius 3 is 2.34 bits per heavy atom. The highest BCUT2D eigenvalue weighted by atomic mass is 19.4. The monoisotopic (exact) mass is 534 g/mol. The van der Waals surface area contributed by atoms with Crippen molar-refractivity contribution in [2.24, 2.45) is 0 Å². The normalized spacial score (nSPS) is 17.7. The number of likely N-dealkylation sites (tertiary alicyclic amines) is 1. The number of carbonyl (C=O) groups excluding carboxylic acids is 2. The fraction of sp³-hybridized carbons (Fsp3) is 0.440. The zero-order valence-corrected chi connectivity index (χ0v) is 20.4. The van der Waals surface area contributed by atoms with Crippen LogP contribution in [-0.4, -0.2) is 87.4 Å². The number of piperidine rings is 1. The van der Waals surface area contributed by atoms with Crippen LogP contribution in [0.25, 0.3) is 11.0 Å². The molecule has 0 bridgehead atoms. The number of nitrogens with zero attached hydrogens (tertiary/aromatic N) is 5. The summed E-state index contributed by atoms with van der Waals surface area (Å²) in [5, 5.41) is 10.6. The third-order valence-electron chi connectivity index (χ3n) is 7.05. The van der Waals surface area contributed by atoms with Crippen LogP contribution in [0.15, 0.2) is 36.4 Å². The minimum atomic E-state index is -4.69. The van der Waals surface area contributed by atoms with Crippen molar-refractivity contribution in [1.82, 2.24) is 30.1 Å². The van der Waals surface area contributed by atoms with Crippen LogP contribution in [-0.2, 0) is 17.5 Å².